The number of aromatic nitrogens is 3. The predicted molar refractivity (Wildman–Crippen MR) is 76.0 cm³/mol. The highest BCUT2D eigenvalue weighted by molar-refractivity contribution is 5.96. The number of anilines is 1. The van der Waals surface area contributed by atoms with Crippen molar-refractivity contribution in [1.82, 2.24) is 14.8 Å². The molecule has 1 heterocycles. The Morgan fingerprint density at radius 3 is 2.38 bits per heavy atom. The third kappa shape index (κ3) is 2.51. The van der Waals surface area contributed by atoms with Gasteiger partial charge in [0.05, 0.1) is 0 Å². The number of rotatable bonds is 2. The Balaban J connectivity index is 1.98. The molecule has 0 aliphatic heterocycles. The van der Waals surface area contributed by atoms with Gasteiger partial charge in [-0.15, -0.1) is 5.10 Å². The van der Waals surface area contributed by atoms with Crippen LogP contribution in [-0.2, 0) is 0 Å². The zero-order chi connectivity index (χ0) is 14.8. The van der Waals surface area contributed by atoms with Crippen LogP contribution in [0.15, 0.2) is 54.6 Å². The lowest BCUT2D eigenvalue weighted by molar-refractivity contribution is 0.0948. The van der Waals surface area contributed by atoms with E-state index in [0.717, 1.165) is 10.2 Å². The fourth-order valence-corrected chi connectivity index (χ4v) is 1.90. The Kier molecular flexibility index (Phi) is 3.19. The average molecular weight is 282 g/mol. The molecule has 0 aliphatic carbocycles. The quantitative estimate of drug-likeness (QED) is 0.783. The van der Waals surface area contributed by atoms with Gasteiger partial charge in [-0.2, -0.15) is 9.67 Å². The van der Waals surface area contributed by atoms with Gasteiger partial charge in [0.2, 0.25) is 5.95 Å². The summed E-state index contributed by atoms with van der Waals surface area (Å²) in [5, 5.41) is 4.12. The highest BCUT2D eigenvalue weighted by Crippen LogP contribution is 2.17. The molecule has 0 unspecified atom stereocenters. The van der Waals surface area contributed by atoms with Gasteiger partial charge in [0, 0.05) is 11.1 Å². The highest BCUT2D eigenvalue weighted by Gasteiger charge is 2.16. The molecule has 21 heavy (non-hydrogen) atoms. The summed E-state index contributed by atoms with van der Waals surface area (Å²) in [6.45, 7) is 0. The molecule has 0 saturated heterocycles. The van der Waals surface area contributed by atoms with Crippen LogP contribution in [0.2, 0.25) is 0 Å². The largest absolute Gasteiger partial charge is 0.368 e. The number of benzene rings is 2. The van der Waals surface area contributed by atoms with E-state index in [9.17, 15) is 9.18 Å². The molecular formula is C15H11FN4O. The summed E-state index contributed by atoms with van der Waals surface area (Å²) in [4.78, 5) is 16.4. The molecule has 3 aromatic rings. The Hall–Kier alpha value is -3.02. The van der Waals surface area contributed by atoms with Crippen LogP contribution < -0.4 is 5.73 Å². The molecule has 1 aromatic heterocycles. The summed E-state index contributed by atoms with van der Waals surface area (Å²) in [7, 11) is 0. The van der Waals surface area contributed by atoms with Gasteiger partial charge in [0.1, 0.15) is 5.82 Å². The van der Waals surface area contributed by atoms with E-state index in [0.29, 0.717) is 5.82 Å². The molecule has 0 fully saturated rings. The van der Waals surface area contributed by atoms with Crippen LogP contribution in [-0.4, -0.2) is 20.7 Å². The standard InChI is InChI=1S/C15H11FN4O/c16-12-8-6-11(7-9-12)14(21)20-15(17)18-13(19-20)10-4-2-1-3-5-10/h1-9H,(H2,17,18,19). The van der Waals surface area contributed by atoms with Crippen molar-refractivity contribution in [2.24, 2.45) is 0 Å². The maximum absolute atomic E-state index is 12.9. The van der Waals surface area contributed by atoms with E-state index in [4.69, 9.17) is 5.73 Å². The fraction of sp³-hybridized carbons (Fsp3) is 0. The third-order valence-corrected chi connectivity index (χ3v) is 2.95. The first-order valence-corrected chi connectivity index (χ1v) is 6.23. The Morgan fingerprint density at radius 2 is 1.71 bits per heavy atom. The van der Waals surface area contributed by atoms with E-state index in [1.165, 1.54) is 24.3 Å². The average Bonchev–Trinajstić information content (AvgIpc) is 2.90. The van der Waals surface area contributed by atoms with Crippen molar-refractivity contribution < 1.29 is 9.18 Å². The minimum absolute atomic E-state index is 0.0109. The van der Waals surface area contributed by atoms with Crippen molar-refractivity contribution in [3.63, 3.8) is 0 Å². The van der Waals surface area contributed by atoms with Gasteiger partial charge in [0.25, 0.3) is 5.91 Å². The normalized spacial score (nSPS) is 10.5. The number of nitrogen functional groups attached to an aromatic ring is 1. The van der Waals surface area contributed by atoms with Crippen molar-refractivity contribution >= 4 is 11.9 Å². The molecule has 2 aromatic carbocycles. The van der Waals surface area contributed by atoms with Crippen LogP contribution in [0.25, 0.3) is 11.4 Å². The first-order valence-electron chi connectivity index (χ1n) is 6.23. The number of carbonyl (C=O) groups is 1. The number of nitrogens with two attached hydrogens (primary N) is 1. The van der Waals surface area contributed by atoms with Crippen LogP contribution in [0.1, 0.15) is 10.4 Å². The lowest BCUT2D eigenvalue weighted by Crippen LogP contribution is -2.16. The van der Waals surface area contributed by atoms with Crippen molar-refractivity contribution in [2.75, 3.05) is 5.73 Å². The number of hydrogen-bond acceptors (Lipinski definition) is 4. The van der Waals surface area contributed by atoms with Crippen molar-refractivity contribution in [1.29, 1.82) is 0 Å². The Morgan fingerprint density at radius 1 is 1.05 bits per heavy atom. The summed E-state index contributed by atoms with van der Waals surface area (Å²) in [5.41, 5.74) is 6.79. The van der Waals surface area contributed by atoms with E-state index in [1.54, 1.807) is 0 Å². The SMILES string of the molecule is Nc1nc(-c2ccccc2)nn1C(=O)c1ccc(F)cc1. The lowest BCUT2D eigenvalue weighted by Gasteiger charge is -2.01. The fourth-order valence-electron chi connectivity index (χ4n) is 1.90. The second-order valence-electron chi connectivity index (χ2n) is 4.38. The van der Waals surface area contributed by atoms with Gasteiger partial charge in [-0.05, 0) is 24.3 Å². The zero-order valence-electron chi connectivity index (χ0n) is 10.9. The molecule has 0 amide bonds. The molecule has 3 rings (SSSR count). The number of hydrogen-bond donors (Lipinski definition) is 1. The zero-order valence-corrected chi connectivity index (χ0v) is 10.9. The van der Waals surface area contributed by atoms with Crippen LogP contribution in [0.5, 0.6) is 0 Å². The first kappa shape index (κ1) is 13.0. The van der Waals surface area contributed by atoms with Crippen LogP contribution in [0.3, 0.4) is 0 Å². The van der Waals surface area contributed by atoms with E-state index in [1.807, 2.05) is 30.3 Å². The van der Waals surface area contributed by atoms with Crippen molar-refractivity contribution in [3.8, 4) is 11.4 Å². The molecule has 0 aliphatic rings. The van der Waals surface area contributed by atoms with Crippen LogP contribution in [0, 0.1) is 5.82 Å². The van der Waals surface area contributed by atoms with Gasteiger partial charge in [-0.3, -0.25) is 4.79 Å². The molecule has 0 bridgehead atoms. The van der Waals surface area contributed by atoms with Gasteiger partial charge in [0.15, 0.2) is 5.82 Å². The van der Waals surface area contributed by atoms with Crippen molar-refractivity contribution in [3.05, 3.63) is 66.0 Å². The summed E-state index contributed by atoms with van der Waals surface area (Å²) in [6.07, 6.45) is 0. The third-order valence-electron chi connectivity index (χ3n) is 2.95. The monoisotopic (exact) mass is 282 g/mol. The van der Waals surface area contributed by atoms with Gasteiger partial charge >= 0.3 is 0 Å². The van der Waals surface area contributed by atoms with Gasteiger partial charge < -0.3 is 5.73 Å². The number of carbonyl (C=O) groups excluding carboxylic acids is 1. The van der Waals surface area contributed by atoms with E-state index in [-0.39, 0.29) is 11.5 Å². The number of halogens is 1. The lowest BCUT2D eigenvalue weighted by atomic mass is 10.2. The topological polar surface area (TPSA) is 73.8 Å². The second kappa shape index (κ2) is 5.16. The predicted octanol–water partition coefficient (Wildman–Crippen LogP) is 2.35. The molecule has 0 saturated carbocycles. The Bertz CT molecular complexity index is 781. The van der Waals surface area contributed by atoms with E-state index >= 15 is 0 Å². The summed E-state index contributed by atoms with van der Waals surface area (Å²) >= 11 is 0. The number of nitrogens with zero attached hydrogens (tertiary/aromatic N) is 3. The van der Waals surface area contributed by atoms with Crippen LogP contribution in [0.4, 0.5) is 10.3 Å². The molecule has 104 valence electrons. The van der Waals surface area contributed by atoms with Crippen molar-refractivity contribution in [2.45, 2.75) is 0 Å². The first-order chi connectivity index (χ1) is 10.1. The molecule has 2 N–H and O–H groups in total. The highest BCUT2D eigenvalue weighted by atomic mass is 19.1. The minimum Gasteiger partial charge on any atom is -0.368 e. The summed E-state index contributed by atoms with van der Waals surface area (Å²) < 4.78 is 13.9. The maximum Gasteiger partial charge on any atom is 0.281 e. The Labute approximate surface area is 119 Å². The molecule has 0 spiro atoms. The summed E-state index contributed by atoms with van der Waals surface area (Å²) in [6, 6.07) is 14.4. The smallest absolute Gasteiger partial charge is 0.281 e. The maximum atomic E-state index is 12.9. The van der Waals surface area contributed by atoms with E-state index < -0.39 is 11.7 Å². The van der Waals surface area contributed by atoms with E-state index in [2.05, 4.69) is 10.1 Å². The molecule has 0 atom stereocenters. The van der Waals surface area contributed by atoms with Crippen LogP contribution >= 0.6 is 0 Å². The molecule has 0 radical (unpaired) electrons. The molecule has 5 nitrogen and oxygen atoms in total. The van der Waals surface area contributed by atoms with Gasteiger partial charge in [-0.1, -0.05) is 30.3 Å². The minimum atomic E-state index is -0.456. The molecule has 6 heteroatoms. The van der Waals surface area contributed by atoms with Gasteiger partial charge in [-0.25, -0.2) is 4.39 Å². The second-order valence-corrected chi connectivity index (χ2v) is 4.38. The molecular weight excluding hydrogens is 271 g/mol. The summed E-state index contributed by atoms with van der Waals surface area (Å²) in [5.74, 6) is -0.517.